The number of carbonyl (C=O) groups excluding carboxylic acids is 1. The van der Waals surface area contributed by atoms with Crippen LogP contribution in [-0.2, 0) is 17.7 Å². The normalized spacial score (nSPS) is 15.9. The van der Waals surface area contributed by atoms with E-state index in [-0.39, 0.29) is 5.91 Å². The second-order valence-electron chi connectivity index (χ2n) is 8.11. The molecule has 32 heavy (non-hydrogen) atoms. The third kappa shape index (κ3) is 4.29. The number of rotatable bonds is 4. The number of aryl methyl sites for hydroxylation is 1. The van der Waals surface area contributed by atoms with Gasteiger partial charge in [-0.1, -0.05) is 30.3 Å². The Hall–Kier alpha value is -3.45. The van der Waals surface area contributed by atoms with Crippen molar-refractivity contribution >= 4 is 11.9 Å². The lowest BCUT2D eigenvalue weighted by atomic mass is 10.1. The van der Waals surface area contributed by atoms with Crippen molar-refractivity contribution in [2.45, 2.75) is 19.9 Å². The molecule has 1 aromatic heterocycles. The fraction of sp³-hybridized carbons (Fsp3) is 0.320. The number of benzene rings is 2. The number of aromatic nitrogens is 2. The van der Waals surface area contributed by atoms with Gasteiger partial charge in [-0.2, -0.15) is 4.98 Å². The van der Waals surface area contributed by atoms with Gasteiger partial charge in [0.15, 0.2) is 0 Å². The van der Waals surface area contributed by atoms with Crippen molar-refractivity contribution in [1.29, 1.82) is 0 Å². The molecule has 0 radical (unpaired) electrons. The zero-order valence-electron chi connectivity index (χ0n) is 18.2. The Morgan fingerprint density at radius 3 is 2.59 bits per heavy atom. The first-order valence-electron chi connectivity index (χ1n) is 11.0. The van der Waals surface area contributed by atoms with Gasteiger partial charge >= 0.3 is 0 Å². The van der Waals surface area contributed by atoms with E-state index in [4.69, 9.17) is 19.4 Å². The van der Waals surface area contributed by atoms with E-state index < -0.39 is 0 Å². The minimum absolute atomic E-state index is 0.00927. The lowest BCUT2D eigenvalue weighted by Gasteiger charge is -2.32. The highest BCUT2D eigenvalue weighted by Gasteiger charge is 2.28. The SMILES string of the molecule is Cc1cccc(Oc2nc(N3CCOCC3)nc3c2CN(C(=O)c2ccccc2)CC3)c1. The Balaban J connectivity index is 1.49. The summed E-state index contributed by atoms with van der Waals surface area (Å²) in [6.07, 6.45) is 0.665. The highest BCUT2D eigenvalue weighted by molar-refractivity contribution is 5.94. The summed E-state index contributed by atoms with van der Waals surface area (Å²) in [6.45, 7) is 5.89. The maximum atomic E-state index is 13.1. The Bertz CT molecular complexity index is 1110. The van der Waals surface area contributed by atoms with Crippen LogP contribution in [0.2, 0.25) is 0 Å². The molecule has 0 bridgehead atoms. The highest BCUT2D eigenvalue weighted by Crippen LogP contribution is 2.32. The molecule has 7 nitrogen and oxygen atoms in total. The van der Waals surface area contributed by atoms with Crippen molar-refractivity contribution in [1.82, 2.24) is 14.9 Å². The van der Waals surface area contributed by atoms with Crippen LogP contribution >= 0.6 is 0 Å². The van der Waals surface area contributed by atoms with Crippen LogP contribution in [-0.4, -0.2) is 53.6 Å². The molecule has 1 saturated heterocycles. The van der Waals surface area contributed by atoms with Gasteiger partial charge in [0.25, 0.3) is 5.91 Å². The molecular weight excluding hydrogens is 404 g/mol. The fourth-order valence-electron chi connectivity index (χ4n) is 4.09. The highest BCUT2D eigenvalue weighted by atomic mass is 16.5. The third-order valence-corrected chi connectivity index (χ3v) is 5.82. The van der Waals surface area contributed by atoms with Crippen molar-refractivity contribution in [2.75, 3.05) is 37.7 Å². The number of hydrogen-bond acceptors (Lipinski definition) is 6. The van der Waals surface area contributed by atoms with E-state index in [9.17, 15) is 4.79 Å². The van der Waals surface area contributed by atoms with Gasteiger partial charge in [-0.3, -0.25) is 4.79 Å². The largest absolute Gasteiger partial charge is 0.438 e. The van der Waals surface area contributed by atoms with E-state index in [1.54, 1.807) is 0 Å². The summed E-state index contributed by atoms with van der Waals surface area (Å²) in [6, 6.07) is 17.3. The van der Waals surface area contributed by atoms with E-state index in [0.29, 0.717) is 50.1 Å². The number of carbonyl (C=O) groups is 1. The number of nitrogens with zero attached hydrogens (tertiary/aromatic N) is 4. The number of hydrogen-bond donors (Lipinski definition) is 0. The van der Waals surface area contributed by atoms with Gasteiger partial charge in [-0.05, 0) is 36.8 Å². The summed E-state index contributed by atoms with van der Waals surface area (Å²) >= 11 is 0. The topological polar surface area (TPSA) is 67.8 Å². The standard InChI is InChI=1S/C25H26N4O3/c1-18-6-5-9-20(16-18)32-23-21-17-29(24(30)19-7-3-2-4-8-19)11-10-22(21)26-25(27-23)28-12-14-31-15-13-28/h2-9,16H,10-15,17H2,1H3. The Morgan fingerprint density at radius 1 is 1.00 bits per heavy atom. The summed E-state index contributed by atoms with van der Waals surface area (Å²) in [5.41, 5.74) is 3.61. The van der Waals surface area contributed by atoms with Crippen LogP contribution in [0.5, 0.6) is 11.6 Å². The molecule has 2 aliphatic rings. The van der Waals surface area contributed by atoms with E-state index >= 15 is 0 Å². The summed E-state index contributed by atoms with van der Waals surface area (Å²) in [5, 5.41) is 0. The second-order valence-corrected chi connectivity index (χ2v) is 8.11. The van der Waals surface area contributed by atoms with Crippen LogP contribution in [0, 0.1) is 6.92 Å². The molecule has 1 amide bonds. The molecule has 3 heterocycles. The monoisotopic (exact) mass is 430 g/mol. The van der Waals surface area contributed by atoms with Gasteiger partial charge in [-0.25, -0.2) is 4.98 Å². The lowest BCUT2D eigenvalue weighted by molar-refractivity contribution is 0.0731. The fourth-order valence-corrected chi connectivity index (χ4v) is 4.09. The molecule has 2 aromatic carbocycles. The van der Waals surface area contributed by atoms with Crippen molar-refractivity contribution in [2.24, 2.45) is 0 Å². The van der Waals surface area contributed by atoms with Crippen molar-refractivity contribution < 1.29 is 14.3 Å². The minimum atomic E-state index is 0.00927. The van der Waals surface area contributed by atoms with Crippen molar-refractivity contribution in [3.05, 3.63) is 77.0 Å². The Kier molecular flexibility index (Phi) is 5.73. The van der Waals surface area contributed by atoms with Crippen LogP contribution in [0.3, 0.4) is 0 Å². The number of amides is 1. The first-order valence-corrected chi connectivity index (χ1v) is 11.0. The van der Waals surface area contributed by atoms with E-state index in [1.807, 2.05) is 66.4 Å². The molecule has 0 aliphatic carbocycles. The molecule has 3 aromatic rings. The average molecular weight is 431 g/mol. The molecule has 7 heteroatoms. The van der Waals surface area contributed by atoms with E-state index in [1.165, 1.54) is 0 Å². The van der Waals surface area contributed by atoms with Gasteiger partial charge in [0.05, 0.1) is 31.0 Å². The Labute approximate surface area is 187 Å². The number of fused-ring (bicyclic) bond motifs is 1. The molecule has 0 unspecified atom stereocenters. The molecule has 0 N–H and O–H groups in total. The maximum absolute atomic E-state index is 13.1. The molecule has 0 atom stereocenters. The molecule has 5 rings (SSSR count). The second kappa shape index (κ2) is 8.96. The van der Waals surface area contributed by atoms with Crippen LogP contribution in [0.25, 0.3) is 0 Å². The number of ether oxygens (including phenoxy) is 2. The third-order valence-electron chi connectivity index (χ3n) is 5.82. The van der Waals surface area contributed by atoms with Gasteiger partial charge in [-0.15, -0.1) is 0 Å². The molecular formula is C25H26N4O3. The van der Waals surface area contributed by atoms with E-state index in [2.05, 4.69) is 4.90 Å². The summed E-state index contributed by atoms with van der Waals surface area (Å²) in [4.78, 5) is 26.7. The quantitative estimate of drug-likeness (QED) is 0.630. The number of anilines is 1. The summed E-state index contributed by atoms with van der Waals surface area (Å²) in [7, 11) is 0. The predicted octanol–water partition coefficient (Wildman–Crippen LogP) is 3.61. The summed E-state index contributed by atoms with van der Waals surface area (Å²) in [5.74, 6) is 1.92. The molecule has 0 saturated carbocycles. The first kappa shape index (κ1) is 20.5. The van der Waals surface area contributed by atoms with Gasteiger partial charge in [0.2, 0.25) is 11.8 Å². The maximum Gasteiger partial charge on any atom is 0.254 e. The van der Waals surface area contributed by atoms with Gasteiger partial charge in [0.1, 0.15) is 5.75 Å². The smallest absolute Gasteiger partial charge is 0.254 e. The Morgan fingerprint density at radius 2 is 1.81 bits per heavy atom. The minimum Gasteiger partial charge on any atom is -0.438 e. The van der Waals surface area contributed by atoms with Crippen LogP contribution in [0.4, 0.5) is 5.95 Å². The summed E-state index contributed by atoms with van der Waals surface area (Å²) < 4.78 is 11.8. The predicted molar refractivity (Wildman–Crippen MR) is 121 cm³/mol. The van der Waals surface area contributed by atoms with Crippen molar-refractivity contribution in [3.63, 3.8) is 0 Å². The van der Waals surface area contributed by atoms with E-state index in [0.717, 1.165) is 35.7 Å². The van der Waals surface area contributed by atoms with Crippen molar-refractivity contribution in [3.8, 4) is 11.6 Å². The van der Waals surface area contributed by atoms with Gasteiger partial charge in [0, 0.05) is 31.6 Å². The molecule has 1 fully saturated rings. The van der Waals surface area contributed by atoms with Gasteiger partial charge < -0.3 is 19.3 Å². The molecule has 164 valence electrons. The van der Waals surface area contributed by atoms with Crippen LogP contribution in [0.15, 0.2) is 54.6 Å². The van der Waals surface area contributed by atoms with Crippen LogP contribution in [0.1, 0.15) is 27.2 Å². The molecule has 2 aliphatic heterocycles. The first-order chi connectivity index (χ1) is 15.7. The zero-order valence-corrected chi connectivity index (χ0v) is 18.2. The zero-order chi connectivity index (χ0) is 21.9. The average Bonchev–Trinajstić information content (AvgIpc) is 2.84. The lowest BCUT2D eigenvalue weighted by Crippen LogP contribution is -2.39. The molecule has 0 spiro atoms. The van der Waals surface area contributed by atoms with Crippen LogP contribution < -0.4 is 9.64 Å². The number of morpholine rings is 1.